The van der Waals surface area contributed by atoms with E-state index in [9.17, 15) is 4.79 Å². The van der Waals surface area contributed by atoms with Gasteiger partial charge >= 0.3 is 0 Å². The Hall–Kier alpha value is -1.69. The lowest BCUT2D eigenvalue weighted by molar-refractivity contribution is 0.0701. The van der Waals surface area contributed by atoms with Crippen molar-refractivity contribution >= 4 is 17.4 Å². The maximum atomic E-state index is 12.2. The SMILES string of the molecule is Cc1cc(C(=O)N2CCC(c3ncco3)CC2)ns1. The minimum atomic E-state index is 0.0372. The van der Waals surface area contributed by atoms with Gasteiger partial charge in [0.15, 0.2) is 5.89 Å². The van der Waals surface area contributed by atoms with E-state index in [4.69, 9.17) is 4.42 Å². The molecule has 0 atom stereocenters. The maximum Gasteiger partial charge on any atom is 0.273 e. The van der Waals surface area contributed by atoms with Gasteiger partial charge in [0.25, 0.3) is 5.91 Å². The van der Waals surface area contributed by atoms with Gasteiger partial charge in [-0.2, -0.15) is 4.37 Å². The van der Waals surface area contributed by atoms with Gasteiger partial charge in [-0.15, -0.1) is 0 Å². The summed E-state index contributed by atoms with van der Waals surface area (Å²) in [5, 5.41) is 0. The van der Waals surface area contributed by atoms with Gasteiger partial charge in [-0.25, -0.2) is 4.98 Å². The van der Waals surface area contributed by atoms with Gasteiger partial charge in [0.05, 0.1) is 6.20 Å². The second kappa shape index (κ2) is 5.13. The highest BCUT2D eigenvalue weighted by atomic mass is 32.1. The molecule has 1 aliphatic rings. The molecule has 0 saturated carbocycles. The third-order valence-corrected chi connectivity index (χ3v) is 4.12. The zero-order valence-electron chi connectivity index (χ0n) is 10.7. The van der Waals surface area contributed by atoms with E-state index in [0.717, 1.165) is 36.7 Å². The lowest BCUT2D eigenvalue weighted by Gasteiger charge is -2.30. The van der Waals surface area contributed by atoms with Crippen LogP contribution in [0.5, 0.6) is 0 Å². The molecule has 0 aromatic carbocycles. The minimum Gasteiger partial charge on any atom is -0.449 e. The average Bonchev–Trinajstić information content (AvgIpc) is 3.09. The van der Waals surface area contributed by atoms with Gasteiger partial charge in [-0.05, 0) is 37.4 Å². The van der Waals surface area contributed by atoms with Gasteiger partial charge in [-0.1, -0.05) is 0 Å². The summed E-state index contributed by atoms with van der Waals surface area (Å²) in [6.45, 7) is 3.44. The van der Waals surface area contributed by atoms with Gasteiger partial charge in [-0.3, -0.25) is 4.79 Å². The average molecular weight is 277 g/mol. The predicted molar refractivity (Wildman–Crippen MR) is 71.2 cm³/mol. The smallest absolute Gasteiger partial charge is 0.273 e. The van der Waals surface area contributed by atoms with Crippen LogP contribution in [0.1, 0.15) is 40.0 Å². The largest absolute Gasteiger partial charge is 0.449 e. The Balaban J connectivity index is 1.62. The van der Waals surface area contributed by atoms with Crippen LogP contribution < -0.4 is 0 Å². The molecule has 1 saturated heterocycles. The molecule has 19 heavy (non-hydrogen) atoms. The van der Waals surface area contributed by atoms with E-state index in [2.05, 4.69) is 9.36 Å². The van der Waals surface area contributed by atoms with Gasteiger partial charge < -0.3 is 9.32 Å². The van der Waals surface area contributed by atoms with E-state index in [1.165, 1.54) is 11.5 Å². The van der Waals surface area contributed by atoms with Crippen molar-refractivity contribution in [1.29, 1.82) is 0 Å². The van der Waals surface area contributed by atoms with Crippen molar-refractivity contribution in [2.75, 3.05) is 13.1 Å². The van der Waals surface area contributed by atoms with Crippen molar-refractivity contribution in [3.8, 4) is 0 Å². The molecule has 0 bridgehead atoms. The number of oxazole rings is 1. The predicted octanol–water partition coefficient (Wildman–Crippen LogP) is 2.46. The Morgan fingerprint density at radius 2 is 2.26 bits per heavy atom. The van der Waals surface area contributed by atoms with Crippen LogP contribution in [-0.4, -0.2) is 33.3 Å². The van der Waals surface area contributed by atoms with E-state index in [1.54, 1.807) is 12.5 Å². The number of carbonyl (C=O) groups excluding carboxylic acids is 1. The normalized spacial score (nSPS) is 16.8. The summed E-state index contributed by atoms with van der Waals surface area (Å²) in [6, 6.07) is 1.85. The van der Waals surface area contributed by atoms with Crippen LogP contribution >= 0.6 is 11.5 Å². The third-order valence-electron chi connectivity index (χ3n) is 3.43. The van der Waals surface area contributed by atoms with E-state index in [0.29, 0.717) is 11.6 Å². The van der Waals surface area contributed by atoms with Gasteiger partial charge in [0.2, 0.25) is 0 Å². The van der Waals surface area contributed by atoms with E-state index in [-0.39, 0.29) is 5.91 Å². The molecule has 3 heterocycles. The molecule has 2 aromatic heterocycles. The number of hydrogen-bond donors (Lipinski definition) is 0. The van der Waals surface area contributed by atoms with Crippen LogP contribution in [0.2, 0.25) is 0 Å². The summed E-state index contributed by atoms with van der Waals surface area (Å²) >= 11 is 1.37. The van der Waals surface area contributed by atoms with Gasteiger partial charge in [0, 0.05) is 23.9 Å². The lowest BCUT2D eigenvalue weighted by Crippen LogP contribution is -2.38. The first-order chi connectivity index (χ1) is 9.24. The highest BCUT2D eigenvalue weighted by Gasteiger charge is 2.27. The maximum absolute atomic E-state index is 12.2. The van der Waals surface area contributed by atoms with Crippen molar-refractivity contribution in [3.63, 3.8) is 0 Å². The van der Waals surface area contributed by atoms with Crippen LogP contribution in [0.4, 0.5) is 0 Å². The summed E-state index contributed by atoms with van der Waals surface area (Å²) in [7, 11) is 0. The standard InChI is InChI=1S/C13H15N3O2S/c1-9-8-11(15-19-9)13(17)16-5-2-10(3-6-16)12-14-4-7-18-12/h4,7-8,10H,2-3,5-6H2,1H3. The van der Waals surface area contributed by atoms with Crippen LogP contribution in [0.25, 0.3) is 0 Å². The molecule has 0 radical (unpaired) electrons. The molecular formula is C13H15N3O2S. The van der Waals surface area contributed by atoms with Crippen molar-refractivity contribution < 1.29 is 9.21 Å². The number of rotatable bonds is 2. The number of aromatic nitrogens is 2. The van der Waals surface area contributed by atoms with Gasteiger partial charge in [0.1, 0.15) is 12.0 Å². The summed E-state index contributed by atoms with van der Waals surface area (Å²) in [5.74, 6) is 1.16. The highest BCUT2D eigenvalue weighted by Crippen LogP contribution is 2.27. The van der Waals surface area contributed by atoms with E-state index in [1.807, 2.05) is 17.9 Å². The van der Waals surface area contributed by atoms with Crippen molar-refractivity contribution in [1.82, 2.24) is 14.3 Å². The van der Waals surface area contributed by atoms with Crippen LogP contribution in [0, 0.1) is 6.92 Å². The minimum absolute atomic E-state index is 0.0372. The summed E-state index contributed by atoms with van der Waals surface area (Å²) < 4.78 is 9.51. The Kier molecular flexibility index (Phi) is 3.33. The number of nitrogens with zero attached hydrogens (tertiary/aromatic N) is 3. The van der Waals surface area contributed by atoms with E-state index >= 15 is 0 Å². The second-order valence-corrected chi connectivity index (χ2v) is 5.77. The van der Waals surface area contributed by atoms with Crippen LogP contribution in [0.3, 0.4) is 0 Å². The number of carbonyl (C=O) groups is 1. The number of likely N-dealkylation sites (tertiary alicyclic amines) is 1. The Morgan fingerprint density at radius 3 is 2.84 bits per heavy atom. The molecular weight excluding hydrogens is 262 g/mol. The molecule has 0 N–H and O–H groups in total. The zero-order valence-corrected chi connectivity index (χ0v) is 11.5. The zero-order chi connectivity index (χ0) is 13.2. The van der Waals surface area contributed by atoms with E-state index < -0.39 is 0 Å². The Labute approximate surface area is 115 Å². The first kappa shape index (κ1) is 12.3. The van der Waals surface area contributed by atoms with Crippen LogP contribution in [0.15, 0.2) is 22.9 Å². The fourth-order valence-corrected chi connectivity index (χ4v) is 2.93. The lowest BCUT2D eigenvalue weighted by atomic mass is 9.96. The molecule has 0 aliphatic carbocycles. The van der Waals surface area contributed by atoms with Crippen molar-refractivity contribution in [2.45, 2.75) is 25.7 Å². The number of amides is 1. The molecule has 1 fully saturated rings. The summed E-state index contributed by atoms with van der Waals surface area (Å²) in [4.78, 5) is 19.4. The summed E-state index contributed by atoms with van der Waals surface area (Å²) in [5.41, 5.74) is 0.567. The number of hydrogen-bond acceptors (Lipinski definition) is 5. The monoisotopic (exact) mass is 277 g/mol. The second-order valence-electron chi connectivity index (χ2n) is 4.76. The quantitative estimate of drug-likeness (QED) is 0.846. The van der Waals surface area contributed by atoms with Crippen molar-refractivity contribution in [3.05, 3.63) is 35.0 Å². The molecule has 5 nitrogen and oxygen atoms in total. The first-order valence-electron chi connectivity index (χ1n) is 6.36. The molecule has 1 amide bonds. The topological polar surface area (TPSA) is 59.2 Å². The highest BCUT2D eigenvalue weighted by molar-refractivity contribution is 7.05. The molecule has 100 valence electrons. The Bertz CT molecular complexity index is 556. The van der Waals surface area contributed by atoms with Crippen molar-refractivity contribution in [2.24, 2.45) is 0 Å². The molecule has 2 aromatic rings. The Morgan fingerprint density at radius 1 is 1.47 bits per heavy atom. The molecule has 3 rings (SSSR count). The number of aryl methyl sites for hydroxylation is 1. The fourth-order valence-electron chi connectivity index (χ4n) is 2.39. The molecule has 0 unspecified atom stereocenters. The fraction of sp³-hybridized carbons (Fsp3) is 0.462. The number of piperidine rings is 1. The molecule has 6 heteroatoms. The summed E-state index contributed by atoms with van der Waals surface area (Å²) in [6.07, 6.45) is 5.07. The first-order valence-corrected chi connectivity index (χ1v) is 7.13. The molecule has 0 spiro atoms. The van der Waals surface area contributed by atoms with Crippen LogP contribution in [-0.2, 0) is 0 Å². The third kappa shape index (κ3) is 2.53. The molecule has 1 aliphatic heterocycles.